The molecule has 1 atom stereocenters. The molecule has 0 saturated carbocycles. The van der Waals surface area contributed by atoms with E-state index < -0.39 is 0 Å². The first kappa shape index (κ1) is 13.0. The van der Waals surface area contributed by atoms with E-state index in [1.54, 1.807) is 54.3 Å². The van der Waals surface area contributed by atoms with Crippen molar-refractivity contribution >= 4 is 17.4 Å². The van der Waals surface area contributed by atoms with Crippen LogP contribution in [0.1, 0.15) is 30.2 Å². The Balaban J connectivity index is 2.04. The van der Waals surface area contributed by atoms with Crippen LogP contribution in [-0.2, 0) is 4.79 Å². The number of nitrogens with one attached hydrogen (secondary N) is 1. The van der Waals surface area contributed by atoms with E-state index in [4.69, 9.17) is 0 Å². The molecule has 1 heterocycles. The van der Waals surface area contributed by atoms with E-state index in [0.717, 1.165) is 0 Å². The van der Waals surface area contributed by atoms with Crippen molar-refractivity contribution in [2.45, 2.75) is 19.9 Å². The first-order chi connectivity index (χ1) is 9.08. The van der Waals surface area contributed by atoms with Crippen molar-refractivity contribution < 1.29 is 9.59 Å². The van der Waals surface area contributed by atoms with E-state index in [1.807, 2.05) is 0 Å². The zero-order valence-corrected chi connectivity index (χ0v) is 10.8. The topological polar surface area (TPSA) is 64.0 Å². The van der Waals surface area contributed by atoms with E-state index in [2.05, 4.69) is 10.4 Å². The lowest BCUT2D eigenvalue weighted by Crippen LogP contribution is -2.23. The first-order valence-electron chi connectivity index (χ1n) is 5.99. The molecule has 1 amide bonds. The van der Waals surface area contributed by atoms with Crippen LogP contribution in [0.5, 0.6) is 0 Å². The van der Waals surface area contributed by atoms with E-state index >= 15 is 0 Å². The maximum atomic E-state index is 12.0. The van der Waals surface area contributed by atoms with Crippen molar-refractivity contribution in [1.82, 2.24) is 9.78 Å². The molecule has 5 nitrogen and oxygen atoms in total. The third-order valence-electron chi connectivity index (χ3n) is 2.86. The fraction of sp³-hybridized carbons (Fsp3) is 0.214. The van der Waals surface area contributed by atoms with Gasteiger partial charge >= 0.3 is 0 Å². The minimum Gasteiger partial charge on any atom is -0.324 e. The number of benzene rings is 1. The molecule has 2 aromatic rings. The Bertz CT molecular complexity index is 573. The number of aromatic nitrogens is 2. The normalized spacial score (nSPS) is 11.9. The summed E-state index contributed by atoms with van der Waals surface area (Å²) >= 11 is 0. The molecule has 2 rings (SSSR count). The van der Waals surface area contributed by atoms with Crippen molar-refractivity contribution in [1.29, 1.82) is 0 Å². The number of Topliss-reactive ketones (excluding diaryl/α,β-unsaturated/α-hetero) is 1. The lowest BCUT2D eigenvalue weighted by molar-refractivity contribution is -0.119. The lowest BCUT2D eigenvalue weighted by Gasteiger charge is -2.12. The zero-order chi connectivity index (χ0) is 13.8. The van der Waals surface area contributed by atoms with Crippen LogP contribution in [0.4, 0.5) is 5.69 Å². The molecule has 0 saturated heterocycles. The fourth-order valence-electron chi connectivity index (χ4n) is 1.66. The average molecular weight is 257 g/mol. The molecule has 1 aromatic heterocycles. The summed E-state index contributed by atoms with van der Waals surface area (Å²) in [6.07, 6.45) is 3.37. The molecule has 98 valence electrons. The molecule has 1 aromatic carbocycles. The van der Waals surface area contributed by atoms with Gasteiger partial charge in [0.1, 0.15) is 6.04 Å². The van der Waals surface area contributed by atoms with Crippen molar-refractivity contribution in [3.8, 4) is 0 Å². The minimum atomic E-state index is -0.387. The van der Waals surface area contributed by atoms with Gasteiger partial charge in [0.05, 0.1) is 0 Å². The third kappa shape index (κ3) is 3.07. The monoisotopic (exact) mass is 257 g/mol. The van der Waals surface area contributed by atoms with E-state index in [0.29, 0.717) is 11.3 Å². The van der Waals surface area contributed by atoms with Crippen LogP contribution in [0.25, 0.3) is 0 Å². The van der Waals surface area contributed by atoms with Crippen molar-refractivity contribution in [2.75, 3.05) is 5.32 Å². The van der Waals surface area contributed by atoms with Crippen molar-refractivity contribution in [3.05, 3.63) is 48.3 Å². The van der Waals surface area contributed by atoms with Gasteiger partial charge in [0.25, 0.3) is 0 Å². The Hall–Kier alpha value is -2.43. The second kappa shape index (κ2) is 5.48. The SMILES string of the molecule is CC(=O)c1ccc(NC(=O)C(C)n2cccn2)cc1. The summed E-state index contributed by atoms with van der Waals surface area (Å²) in [5.74, 6) is -0.151. The van der Waals surface area contributed by atoms with Crippen molar-refractivity contribution in [2.24, 2.45) is 0 Å². The number of hydrogen-bond acceptors (Lipinski definition) is 3. The summed E-state index contributed by atoms with van der Waals surface area (Å²) in [5, 5.41) is 6.81. The highest BCUT2D eigenvalue weighted by Gasteiger charge is 2.14. The van der Waals surface area contributed by atoms with Gasteiger partial charge in [0, 0.05) is 23.6 Å². The highest BCUT2D eigenvalue weighted by Crippen LogP contribution is 2.13. The Morgan fingerprint density at radius 2 is 1.95 bits per heavy atom. The van der Waals surface area contributed by atoms with Crippen LogP contribution >= 0.6 is 0 Å². The smallest absolute Gasteiger partial charge is 0.248 e. The molecule has 1 unspecified atom stereocenters. The largest absolute Gasteiger partial charge is 0.324 e. The van der Waals surface area contributed by atoms with Gasteiger partial charge in [0.2, 0.25) is 5.91 Å². The van der Waals surface area contributed by atoms with E-state index in [1.165, 1.54) is 6.92 Å². The number of rotatable bonds is 4. The van der Waals surface area contributed by atoms with Gasteiger partial charge in [-0.05, 0) is 44.2 Å². The summed E-state index contributed by atoms with van der Waals surface area (Å²) in [6, 6.07) is 8.19. The van der Waals surface area contributed by atoms with Crippen LogP contribution in [-0.4, -0.2) is 21.5 Å². The third-order valence-corrected chi connectivity index (χ3v) is 2.86. The van der Waals surface area contributed by atoms with Gasteiger partial charge in [-0.15, -0.1) is 0 Å². The predicted octanol–water partition coefficient (Wildman–Crippen LogP) is 2.29. The Labute approximate surface area is 111 Å². The predicted molar refractivity (Wildman–Crippen MR) is 72.0 cm³/mol. The maximum Gasteiger partial charge on any atom is 0.248 e. The van der Waals surface area contributed by atoms with Gasteiger partial charge in [-0.25, -0.2) is 0 Å². The number of ketones is 1. The standard InChI is InChI=1S/C14H15N3O2/c1-10(17-9-3-8-15-17)14(19)16-13-6-4-12(5-7-13)11(2)18/h3-10H,1-2H3,(H,16,19). The summed E-state index contributed by atoms with van der Waals surface area (Å²) in [5.41, 5.74) is 1.28. The molecule has 0 radical (unpaired) electrons. The molecule has 0 bridgehead atoms. The van der Waals surface area contributed by atoms with Crippen LogP contribution in [0.3, 0.4) is 0 Å². The van der Waals surface area contributed by atoms with Gasteiger partial charge in [-0.2, -0.15) is 5.10 Å². The second-order valence-electron chi connectivity index (χ2n) is 4.28. The van der Waals surface area contributed by atoms with Crippen molar-refractivity contribution in [3.63, 3.8) is 0 Å². The number of carbonyl (C=O) groups is 2. The number of nitrogens with zero attached hydrogens (tertiary/aromatic N) is 2. The Kier molecular flexibility index (Phi) is 3.75. The minimum absolute atomic E-state index is 0.00258. The average Bonchev–Trinajstić information content (AvgIpc) is 2.92. The fourth-order valence-corrected chi connectivity index (χ4v) is 1.66. The summed E-state index contributed by atoms with van der Waals surface area (Å²) in [7, 11) is 0. The van der Waals surface area contributed by atoms with E-state index in [-0.39, 0.29) is 17.7 Å². The molecule has 0 aliphatic heterocycles. The lowest BCUT2D eigenvalue weighted by atomic mass is 10.1. The number of anilines is 1. The number of amides is 1. The highest BCUT2D eigenvalue weighted by molar-refractivity contribution is 5.96. The Morgan fingerprint density at radius 1 is 1.26 bits per heavy atom. The van der Waals surface area contributed by atoms with Crippen LogP contribution in [0.15, 0.2) is 42.7 Å². The molecular weight excluding hydrogens is 242 g/mol. The molecule has 0 spiro atoms. The highest BCUT2D eigenvalue weighted by atomic mass is 16.2. The van der Waals surface area contributed by atoms with Gasteiger partial charge < -0.3 is 5.32 Å². The second-order valence-corrected chi connectivity index (χ2v) is 4.28. The molecule has 0 aliphatic rings. The molecule has 19 heavy (non-hydrogen) atoms. The summed E-state index contributed by atoms with van der Waals surface area (Å²) in [6.45, 7) is 3.28. The summed E-state index contributed by atoms with van der Waals surface area (Å²) in [4.78, 5) is 23.1. The van der Waals surface area contributed by atoms with Gasteiger partial charge in [0.15, 0.2) is 5.78 Å². The van der Waals surface area contributed by atoms with Gasteiger partial charge in [-0.1, -0.05) is 0 Å². The molecule has 1 N–H and O–H groups in total. The van der Waals surface area contributed by atoms with Crippen LogP contribution < -0.4 is 5.32 Å². The molecule has 0 fully saturated rings. The summed E-state index contributed by atoms with van der Waals surface area (Å²) < 4.78 is 1.58. The van der Waals surface area contributed by atoms with Crippen LogP contribution in [0.2, 0.25) is 0 Å². The quantitative estimate of drug-likeness (QED) is 0.855. The van der Waals surface area contributed by atoms with E-state index in [9.17, 15) is 9.59 Å². The molecular formula is C14H15N3O2. The number of carbonyl (C=O) groups excluding carboxylic acids is 2. The zero-order valence-electron chi connectivity index (χ0n) is 10.8. The maximum absolute atomic E-state index is 12.0. The number of hydrogen-bond donors (Lipinski definition) is 1. The van der Waals surface area contributed by atoms with Crippen LogP contribution in [0, 0.1) is 0 Å². The molecule has 5 heteroatoms. The first-order valence-corrected chi connectivity index (χ1v) is 5.99. The van der Waals surface area contributed by atoms with Gasteiger partial charge in [-0.3, -0.25) is 14.3 Å². The molecule has 0 aliphatic carbocycles. The Morgan fingerprint density at radius 3 is 2.47 bits per heavy atom.